The second-order valence-electron chi connectivity index (χ2n) is 7.55. The maximum Gasteiger partial charge on any atom is 0.359 e. The van der Waals surface area contributed by atoms with Crippen LogP contribution in [0, 0.1) is 0 Å². The molecule has 2 N–H and O–H groups in total. The molecule has 0 unspecified atom stereocenters. The highest BCUT2D eigenvalue weighted by Crippen LogP contribution is 2.28. The number of fused-ring (bicyclic) bond motifs is 1. The summed E-state index contributed by atoms with van der Waals surface area (Å²) >= 11 is 0. The van der Waals surface area contributed by atoms with Gasteiger partial charge in [-0.1, -0.05) is 36.4 Å². The van der Waals surface area contributed by atoms with Gasteiger partial charge in [-0.25, -0.2) is 9.48 Å². The average Bonchev–Trinajstić information content (AvgIpc) is 3.42. The van der Waals surface area contributed by atoms with Crippen LogP contribution in [0.25, 0.3) is 5.69 Å². The predicted molar refractivity (Wildman–Crippen MR) is 118 cm³/mol. The highest BCUT2D eigenvalue weighted by Gasteiger charge is 2.28. The number of benzene rings is 2. The lowest BCUT2D eigenvalue weighted by Gasteiger charge is -2.22. The molecule has 1 heterocycles. The average molecular weight is 432 g/mol. The molecule has 0 saturated carbocycles. The van der Waals surface area contributed by atoms with E-state index in [4.69, 9.17) is 10.5 Å². The molecule has 4 rings (SSSR count). The van der Waals surface area contributed by atoms with Crippen LogP contribution in [0.1, 0.15) is 34.6 Å². The molecule has 164 valence electrons. The number of nitrogens with zero attached hydrogens (tertiary/aromatic N) is 3. The highest BCUT2D eigenvalue weighted by molar-refractivity contribution is 5.97. The summed E-state index contributed by atoms with van der Waals surface area (Å²) in [7, 11) is 0. The lowest BCUT2D eigenvalue weighted by Crippen LogP contribution is -2.37. The molecule has 0 spiro atoms. The SMILES string of the molecule is NC(=O)CCN(C(=O)COC(=O)c1nn(-c2ccccc2)c2c1CCC2)c1ccccc1. The van der Waals surface area contributed by atoms with Gasteiger partial charge in [-0.15, -0.1) is 0 Å². The molecule has 2 amide bonds. The van der Waals surface area contributed by atoms with Gasteiger partial charge in [-0.05, 0) is 43.5 Å². The first-order valence-electron chi connectivity index (χ1n) is 10.5. The molecule has 8 nitrogen and oxygen atoms in total. The quantitative estimate of drug-likeness (QED) is 0.550. The third kappa shape index (κ3) is 4.54. The maximum atomic E-state index is 12.8. The molecule has 1 aliphatic carbocycles. The first-order chi connectivity index (χ1) is 15.5. The summed E-state index contributed by atoms with van der Waals surface area (Å²) in [5.74, 6) is -1.59. The molecule has 0 bridgehead atoms. The van der Waals surface area contributed by atoms with Gasteiger partial charge in [0.1, 0.15) is 0 Å². The van der Waals surface area contributed by atoms with Crippen molar-refractivity contribution in [2.24, 2.45) is 5.73 Å². The fourth-order valence-electron chi connectivity index (χ4n) is 3.89. The third-order valence-corrected chi connectivity index (χ3v) is 5.40. The topological polar surface area (TPSA) is 108 Å². The lowest BCUT2D eigenvalue weighted by atomic mass is 10.2. The van der Waals surface area contributed by atoms with E-state index in [1.165, 1.54) is 4.90 Å². The molecule has 0 saturated heterocycles. The Kier molecular flexibility index (Phi) is 6.30. The monoisotopic (exact) mass is 432 g/mol. The van der Waals surface area contributed by atoms with Gasteiger partial charge in [0, 0.05) is 29.9 Å². The van der Waals surface area contributed by atoms with E-state index in [2.05, 4.69) is 5.10 Å². The van der Waals surface area contributed by atoms with Crippen LogP contribution in [0.3, 0.4) is 0 Å². The van der Waals surface area contributed by atoms with Crippen molar-refractivity contribution in [2.75, 3.05) is 18.1 Å². The van der Waals surface area contributed by atoms with E-state index >= 15 is 0 Å². The number of amides is 2. The van der Waals surface area contributed by atoms with Crippen molar-refractivity contribution < 1.29 is 19.1 Å². The van der Waals surface area contributed by atoms with Crippen LogP contribution in [-0.2, 0) is 27.2 Å². The van der Waals surface area contributed by atoms with Gasteiger partial charge < -0.3 is 15.4 Å². The minimum absolute atomic E-state index is 0.00354. The van der Waals surface area contributed by atoms with E-state index < -0.39 is 24.4 Å². The number of nitrogens with two attached hydrogens (primary N) is 1. The molecule has 0 fully saturated rings. The Morgan fingerprint density at radius 3 is 2.38 bits per heavy atom. The number of hydrogen-bond acceptors (Lipinski definition) is 5. The number of carbonyl (C=O) groups excluding carboxylic acids is 3. The number of rotatable bonds is 8. The Labute approximate surface area is 185 Å². The normalized spacial score (nSPS) is 12.2. The van der Waals surface area contributed by atoms with E-state index in [1.54, 1.807) is 28.9 Å². The molecule has 2 aromatic carbocycles. The van der Waals surface area contributed by atoms with Crippen molar-refractivity contribution in [3.63, 3.8) is 0 Å². The second kappa shape index (κ2) is 9.47. The second-order valence-corrected chi connectivity index (χ2v) is 7.55. The Hall–Kier alpha value is -3.94. The van der Waals surface area contributed by atoms with Crippen LogP contribution in [0.5, 0.6) is 0 Å². The van der Waals surface area contributed by atoms with Gasteiger partial charge in [0.05, 0.1) is 5.69 Å². The highest BCUT2D eigenvalue weighted by atomic mass is 16.5. The summed E-state index contributed by atoms with van der Waals surface area (Å²) in [5.41, 5.74) is 8.85. The number of carbonyl (C=O) groups is 3. The Morgan fingerprint density at radius 1 is 1.00 bits per heavy atom. The van der Waals surface area contributed by atoms with Crippen LogP contribution in [0.4, 0.5) is 5.69 Å². The summed E-state index contributed by atoms with van der Waals surface area (Å²) in [5, 5.41) is 4.50. The molecule has 0 atom stereocenters. The summed E-state index contributed by atoms with van der Waals surface area (Å²) in [4.78, 5) is 38.3. The van der Waals surface area contributed by atoms with E-state index in [1.807, 2.05) is 36.4 Å². The first-order valence-corrected chi connectivity index (χ1v) is 10.5. The number of para-hydroxylation sites is 2. The molecule has 0 radical (unpaired) electrons. The smallest absolute Gasteiger partial charge is 0.359 e. The molecule has 1 aromatic heterocycles. The fourth-order valence-corrected chi connectivity index (χ4v) is 3.89. The van der Waals surface area contributed by atoms with Crippen molar-refractivity contribution in [3.8, 4) is 5.69 Å². The van der Waals surface area contributed by atoms with Crippen LogP contribution in [-0.4, -0.2) is 40.7 Å². The minimum atomic E-state index is -0.630. The van der Waals surface area contributed by atoms with Crippen LogP contribution in [0.2, 0.25) is 0 Å². The Morgan fingerprint density at radius 2 is 1.69 bits per heavy atom. The standard InChI is InChI=1S/C24H24N4O4/c25-21(29)14-15-27(17-8-3-1-4-9-17)22(30)16-32-24(31)23-19-12-7-13-20(19)28(26-23)18-10-5-2-6-11-18/h1-6,8-11H,7,12-16H2,(H2,25,29). The number of esters is 1. The summed E-state index contributed by atoms with van der Waals surface area (Å²) in [6.45, 7) is -0.354. The predicted octanol–water partition coefficient (Wildman–Crippen LogP) is 2.43. The maximum absolute atomic E-state index is 12.8. The number of ether oxygens (including phenoxy) is 1. The number of anilines is 1. The number of primary amides is 1. The van der Waals surface area contributed by atoms with Gasteiger partial charge >= 0.3 is 5.97 Å². The zero-order valence-electron chi connectivity index (χ0n) is 17.6. The molecule has 8 heteroatoms. The van der Waals surface area contributed by atoms with Crippen LogP contribution >= 0.6 is 0 Å². The summed E-state index contributed by atoms with van der Waals surface area (Å²) in [6.07, 6.45) is 2.52. The van der Waals surface area contributed by atoms with Crippen molar-refractivity contribution >= 4 is 23.5 Å². The molecule has 0 aliphatic heterocycles. The summed E-state index contributed by atoms with van der Waals surface area (Å²) < 4.78 is 7.13. The molecule has 1 aliphatic rings. The molecule has 3 aromatic rings. The first kappa shape index (κ1) is 21.3. The van der Waals surface area contributed by atoms with Crippen LogP contribution < -0.4 is 10.6 Å². The largest absolute Gasteiger partial charge is 0.451 e. The van der Waals surface area contributed by atoms with E-state index in [9.17, 15) is 14.4 Å². The van der Waals surface area contributed by atoms with Gasteiger partial charge in [0.15, 0.2) is 12.3 Å². The van der Waals surface area contributed by atoms with Crippen molar-refractivity contribution in [1.29, 1.82) is 0 Å². The Balaban J connectivity index is 1.49. The zero-order valence-corrected chi connectivity index (χ0v) is 17.6. The van der Waals surface area contributed by atoms with Gasteiger partial charge in [0.2, 0.25) is 5.91 Å². The Bertz CT molecular complexity index is 1130. The minimum Gasteiger partial charge on any atom is -0.451 e. The zero-order chi connectivity index (χ0) is 22.5. The molecular formula is C24H24N4O4. The van der Waals surface area contributed by atoms with Crippen molar-refractivity contribution in [1.82, 2.24) is 9.78 Å². The van der Waals surface area contributed by atoms with E-state index in [0.29, 0.717) is 5.69 Å². The number of aromatic nitrogens is 2. The van der Waals surface area contributed by atoms with E-state index in [-0.39, 0.29) is 18.7 Å². The van der Waals surface area contributed by atoms with Gasteiger partial charge in [-0.2, -0.15) is 5.10 Å². The number of hydrogen-bond donors (Lipinski definition) is 1. The van der Waals surface area contributed by atoms with E-state index in [0.717, 1.165) is 36.2 Å². The third-order valence-electron chi connectivity index (χ3n) is 5.40. The molecule has 32 heavy (non-hydrogen) atoms. The van der Waals surface area contributed by atoms with Crippen molar-refractivity contribution in [3.05, 3.63) is 77.6 Å². The lowest BCUT2D eigenvalue weighted by molar-refractivity contribution is -0.121. The fraction of sp³-hybridized carbons (Fsp3) is 0.250. The summed E-state index contributed by atoms with van der Waals surface area (Å²) in [6, 6.07) is 18.5. The van der Waals surface area contributed by atoms with Crippen molar-refractivity contribution in [2.45, 2.75) is 25.7 Å². The van der Waals surface area contributed by atoms with Crippen LogP contribution in [0.15, 0.2) is 60.7 Å². The van der Waals surface area contributed by atoms with Gasteiger partial charge in [0.25, 0.3) is 5.91 Å². The van der Waals surface area contributed by atoms with Gasteiger partial charge in [-0.3, -0.25) is 9.59 Å². The molecular weight excluding hydrogens is 408 g/mol.